The minimum Gasteiger partial charge on any atom is -0.326 e. The molecule has 1 aromatic heterocycles. The van der Waals surface area contributed by atoms with E-state index in [0.717, 1.165) is 29.2 Å². The van der Waals surface area contributed by atoms with Crippen LogP contribution in [0.4, 0.5) is 5.69 Å². The molecule has 0 radical (unpaired) electrons. The van der Waals surface area contributed by atoms with Gasteiger partial charge in [0, 0.05) is 42.8 Å². The average molecular weight is 471 g/mol. The second-order valence-electron chi connectivity index (χ2n) is 7.97. The van der Waals surface area contributed by atoms with Crippen LogP contribution >= 0.6 is 11.3 Å². The van der Waals surface area contributed by atoms with Crippen LogP contribution in [-0.4, -0.2) is 61.7 Å². The number of nitrogens with zero attached hydrogens (tertiary/aromatic N) is 3. The molecule has 0 bridgehead atoms. The molecule has 1 saturated heterocycles. The molecule has 0 spiro atoms. The number of likely N-dealkylation sites (N-methyl/N-ethyl adjacent to an activating group) is 1. The number of rotatable bonds is 6. The number of hydrogen-bond acceptors (Lipinski definition) is 6. The molecular formula is C23H26N4O3S2. The zero-order chi connectivity index (χ0) is 22.7. The summed E-state index contributed by atoms with van der Waals surface area (Å²) in [7, 11) is -1.54. The van der Waals surface area contributed by atoms with E-state index in [0.29, 0.717) is 24.5 Å². The number of anilines is 1. The molecule has 0 saturated carbocycles. The van der Waals surface area contributed by atoms with E-state index in [-0.39, 0.29) is 17.2 Å². The van der Waals surface area contributed by atoms with Gasteiger partial charge in [-0.1, -0.05) is 23.8 Å². The van der Waals surface area contributed by atoms with E-state index in [4.69, 9.17) is 0 Å². The van der Waals surface area contributed by atoms with Crippen LogP contribution in [0, 0.1) is 6.92 Å². The fraction of sp³-hybridized carbons (Fsp3) is 0.304. The Balaban J connectivity index is 1.37. The van der Waals surface area contributed by atoms with Crippen molar-refractivity contribution >= 4 is 33.0 Å². The van der Waals surface area contributed by atoms with E-state index in [2.05, 4.69) is 21.3 Å². The topological polar surface area (TPSA) is 82.6 Å². The Labute approximate surface area is 192 Å². The molecule has 168 valence electrons. The van der Waals surface area contributed by atoms with Crippen molar-refractivity contribution in [3.8, 4) is 10.6 Å². The van der Waals surface area contributed by atoms with Crippen molar-refractivity contribution in [2.45, 2.75) is 18.2 Å². The first kappa shape index (κ1) is 22.6. The van der Waals surface area contributed by atoms with Gasteiger partial charge in [0.05, 0.1) is 17.0 Å². The molecule has 1 amide bonds. The molecule has 0 unspecified atom stereocenters. The normalized spacial score (nSPS) is 15.6. The summed E-state index contributed by atoms with van der Waals surface area (Å²) >= 11 is 1.51. The number of aryl methyl sites for hydroxylation is 1. The van der Waals surface area contributed by atoms with Gasteiger partial charge in [0.15, 0.2) is 0 Å². The Hall–Kier alpha value is -2.59. The maximum Gasteiger partial charge on any atom is 0.243 e. The van der Waals surface area contributed by atoms with Crippen molar-refractivity contribution < 1.29 is 13.2 Å². The summed E-state index contributed by atoms with van der Waals surface area (Å²) in [6.07, 6.45) is 0.156. The molecular weight excluding hydrogens is 444 g/mol. The minimum absolute atomic E-state index is 0.156. The number of piperazine rings is 1. The Bertz CT molecular complexity index is 1200. The molecule has 1 aliphatic heterocycles. The number of aromatic nitrogens is 1. The third-order valence-corrected chi connectivity index (χ3v) is 8.25. The summed E-state index contributed by atoms with van der Waals surface area (Å²) < 4.78 is 27.2. The van der Waals surface area contributed by atoms with E-state index in [1.807, 2.05) is 37.6 Å². The number of thiazole rings is 1. The van der Waals surface area contributed by atoms with Gasteiger partial charge in [0.1, 0.15) is 5.01 Å². The van der Waals surface area contributed by atoms with Crippen LogP contribution in [0.5, 0.6) is 0 Å². The molecule has 1 fully saturated rings. The van der Waals surface area contributed by atoms with Crippen LogP contribution < -0.4 is 5.32 Å². The van der Waals surface area contributed by atoms with Crippen molar-refractivity contribution in [2.75, 3.05) is 38.5 Å². The summed E-state index contributed by atoms with van der Waals surface area (Å²) in [6.45, 7) is 4.43. The Morgan fingerprint density at radius 3 is 2.50 bits per heavy atom. The Morgan fingerprint density at radius 2 is 1.81 bits per heavy atom. The maximum absolute atomic E-state index is 12.8. The van der Waals surface area contributed by atoms with Gasteiger partial charge in [-0.2, -0.15) is 4.31 Å². The highest BCUT2D eigenvalue weighted by Gasteiger charge is 2.27. The fourth-order valence-corrected chi connectivity index (χ4v) is 5.80. The van der Waals surface area contributed by atoms with E-state index in [1.54, 1.807) is 24.3 Å². The summed E-state index contributed by atoms with van der Waals surface area (Å²) in [6, 6.07) is 14.4. The standard InChI is InChI=1S/C23H26N4O3S2/c1-17-4-3-5-18(14-17)23-25-20(16-31-23)15-22(28)24-19-6-8-21(9-7-19)32(29,30)27-12-10-26(2)11-13-27/h3-9,14,16H,10-13,15H2,1-2H3,(H,24,28). The Kier molecular flexibility index (Phi) is 6.71. The summed E-state index contributed by atoms with van der Waals surface area (Å²) in [5.41, 5.74) is 3.47. The first-order valence-electron chi connectivity index (χ1n) is 10.4. The summed E-state index contributed by atoms with van der Waals surface area (Å²) in [5.74, 6) is -0.194. The molecule has 32 heavy (non-hydrogen) atoms. The number of hydrogen-bond donors (Lipinski definition) is 1. The third kappa shape index (κ3) is 5.24. The lowest BCUT2D eigenvalue weighted by Gasteiger charge is -2.31. The van der Waals surface area contributed by atoms with Gasteiger partial charge in [-0.05, 0) is 44.3 Å². The van der Waals surface area contributed by atoms with Crippen LogP contribution in [0.2, 0.25) is 0 Å². The van der Waals surface area contributed by atoms with Gasteiger partial charge in [-0.3, -0.25) is 4.79 Å². The van der Waals surface area contributed by atoms with Crippen molar-refractivity contribution in [1.29, 1.82) is 0 Å². The van der Waals surface area contributed by atoms with Gasteiger partial charge in [0.2, 0.25) is 15.9 Å². The molecule has 2 aromatic carbocycles. The number of carbonyl (C=O) groups excluding carboxylic acids is 1. The Morgan fingerprint density at radius 1 is 1.09 bits per heavy atom. The number of nitrogens with one attached hydrogen (secondary N) is 1. The highest BCUT2D eigenvalue weighted by molar-refractivity contribution is 7.89. The van der Waals surface area contributed by atoms with Crippen molar-refractivity contribution in [1.82, 2.24) is 14.2 Å². The lowest BCUT2D eigenvalue weighted by molar-refractivity contribution is -0.115. The number of carbonyl (C=O) groups is 1. The molecule has 2 heterocycles. The van der Waals surface area contributed by atoms with Gasteiger partial charge in [-0.15, -0.1) is 11.3 Å². The first-order chi connectivity index (χ1) is 15.3. The van der Waals surface area contributed by atoms with E-state index in [9.17, 15) is 13.2 Å². The predicted molar refractivity (Wildman–Crippen MR) is 127 cm³/mol. The smallest absolute Gasteiger partial charge is 0.243 e. The van der Waals surface area contributed by atoms with E-state index >= 15 is 0 Å². The quantitative estimate of drug-likeness (QED) is 0.598. The van der Waals surface area contributed by atoms with E-state index in [1.165, 1.54) is 15.6 Å². The van der Waals surface area contributed by atoms with Gasteiger partial charge >= 0.3 is 0 Å². The van der Waals surface area contributed by atoms with Crippen LogP contribution in [-0.2, 0) is 21.2 Å². The van der Waals surface area contributed by atoms with Crippen LogP contribution in [0.1, 0.15) is 11.3 Å². The molecule has 0 atom stereocenters. The van der Waals surface area contributed by atoms with Crippen molar-refractivity contribution in [2.24, 2.45) is 0 Å². The fourth-order valence-electron chi connectivity index (χ4n) is 3.56. The highest BCUT2D eigenvalue weighted by atomic mass is 32.2. The zero-order valence-electron chi connectivity index (χ0n) is 18.1. The monoisotopic (exact) mass is 470 g/mol. The van der Waals surface area contributed by atoms with Crippen molar-refractivity contribution in [3.05, 3.63) is 65.2 Å². The largest absolute Gasteiger partial charge is 0.326 e. The van der Waals surface area contributed by atoms with Gasteiger partial charge < -0.3 is 10.2 Å². The second kappa shape index (κ2) is 9.50. The third-order valence-electron chi connectivity index (χ3n) is 5.40. The van der Waals surface area contributed by atoms with Gasteiger partial charge in [0.25, 0.3) is 0 Å². The molecule has 3 aromatic rings. The lowest BCUT2D eigenvalue weighted by atomic mass is 10.1. The molecule has 1 aliphatic rings. The molecule has 0 aliphatic carbocycles. The molecule has 7 nitrogen and oxygen atoms in total. The second-order valence-corrected chi connectivity index (χ2v) is 10.8. The summed E-state index contributed by atoms with van der Waals surface area (Å²) in [5, 5.41) is 5.60. The number of amides is 1. The molecule has 4 rings (SSSR count). The predicted octanol–water partition coefficient (Wildman–Crippen LogP) is 3.24. The van der Waals surface area contributed by atoms with Gasteiger partial charge in [-0.25, -0.2) is 13.4 Å². The van der Waals surface area contributed by atoms with Crippen LogP contribution in [0.25, 0.3) is 10.6 Å². The summed E-state index contributed by atoms with van der Waals surface area (Å²) in [4.78, 5) is 19.4. The number of sulfonamides is 1. The minimum atomic E-state index is -3.52. The highest BCUT2D eigenvalue weighted by Crippen LogP contribution is 2.25. The SMILES string of the molecule is Cc1cccc(-c2nc(CC(=O)Nc3ccc(S(=O)(=O)N4CCN(C)CC4)cc3)cs2)c1. The molecule has 9 heteroatoms. The van der Waals surface area contributed by atoms with E-state index < -0.39 is 10.0 Å². The molecule has 1 N–H and O–H groups in total. The zero-order valence-corrected chi connectivity index (χ0v) is 19.7. The first-order valence-corrected chi connectivity index (χ1v) is 12.7. The maximum atomic E-state index is 12.8. The van der Waals surface area contributed by atoms with Crippen LogP contribution in [0.3, 0.4) is 0 Å². The average Bonchev–Trinajstić information content (AvgIpc) is 3.23. The number of benzene rings is 2. The lowest BCUT2D eigenvalue weighted by Crippen LogP contribution is -2.46. The van der Waals surface area contributed by atoms with Crippen LogP contribution in [0.15, 0.2) is 58.8 Å². The van der Waals surface area contributed by atoms with Crippen molar-refractivity contribution in [3.63, 3.8) is 0 Å².